The summed E-state index contributed by atoms with van der Waals surface area (Å²) in [5.41, 5.74) is 2.23. The predicted octanol–water partition coefficient (Wildman–Crippen LogP) is 6.52. The summed E-state index contributed by atoms with van der Waals surface area (Å²) in [6.07, 6.45) is 14.1. The molecule has 1 heterocycles. The van der Waals surface area contributed by atoms with Gasteiger partial charge < -0.3 is 9.47 Å². The number of nitrogens with zero attached hydrogens (tertiary/aromatic N) is 1. The van der Waals surface area contributed by atoms with Crippen LogP contribution in [0.3, 0.4) is 0 Å². The highest BCUT2D eigenvalue weighted by Gasteiger charge is 2.59. The monoisotopic (exact) mass is 443 g/mol. The Balaban J connectivity index is 1.37. The van der Waals surface area contributed by atoms with Crippen LogP contribution in [-0.4, -0.2) is 23.7 Å². The maximum Gasteiger partial charge on any atom is 0.302 e. The van der Waals surface area contributed by atoms with Crippen molar-refractivity contribution in [2.75, 3.05) is 6.61 Å². The van der Waals surface area contributed by atoms with E-state index in [1.54, 1.807) is 16.9 Å². The molecular weight excluding hydrogens is 406 g/mol. The minimum absolute atomic E-state index is 0.0857. The van der Waals surface area contributed by atoms with Crippen LogP contribution in [0.5, 0.6) is 5.06 Å². The Labute approximate surface area is 190 Å². The first-order chi connectivity index (χ1) is 14.8. The minimum atomic E-state index is -0.136. The molecule has 0 bridgehead atoms. The van der Waals surface area contributed by atoms with Crippen LogP contribution in [0.15, 0.2) is 17.8 Å². The number of hydrogen-bond donors (Lipinski definition) is 0. The minimum Gasteiger partial charge on any atom is -0.483 e. The smallest absolute Gasteiger partial charge is 0.302 e. The fourth-order valence-corrected chi connectivity index (χ4v) is 9.13. The molecule has 7 atom stereocenters. The Kier molecular flexibility index (Phi) is 5.47. The number of rotatable bonds is 4. The lowest BCUT2D eigenvalue weighted by Crippen LogP contribution is -2.50. The number of ether oxygens (including phenoxy) is 2. The maximum absolute atomic E-state index is 11.5. The summed E-state index contributed by atoms with van der Waals surface area (Å²) in [4.78, 5) is 16.3. The number of carbonyl (C=O) groups is 1. The Bertz CT molecular complexity index is 878. The lowest BCUT2D eigenvalue weighted by Gasteiger charge is -2.58. The molecule has 0 amide bonds. The van der Waals surface area contributed by atoms with E-state index < -0.39 is 0 Å². The molecule has 4 nitrogen and oxygen atoms in total. The SMILES string of the molecule is CCOc1cnc([C@H]2CC[C@H]3[C@@H]4CC=C5C[C@@H](OC(C)=O)CC[C@]5(C)[C@H]4CC[C@]23C)s1. The summed E-state index contributed by atoms with van der Waals surface area (Å²) in [6, 6.07) is 0. The molecule has 0 radical (unpaired) electrons. The van der Waals surface area contributed by atoms with Crippen LogP contribution in [0.25, 0.3) is 0 Å². The molecule has 5 heteroatoms. The molecular formula is C26H37NO3S. The number of aromatic nitrogens is 1. The predicted molar refractivity (Wildman–Crippen MR) is 123 cm³/mol. The van der Waals surface area contributed by atoms with Gasteiger partial charge in [-0.2, -0.15) is 0 Å². The van der Waals surface area contributed by atoms with E-state index in [1.807, 2.05) is 13.1 Å². The van der Waals surface area contributed by atoms with Crippen LogP contribution in [0.2, 0.25) is 0 Å². The zero-order valence-corrected chi connectivity index (χ0v) is 20.3. The topological polar surface area (TPSA) is 48.4 Å². The van der Waals surface area contributed by atoms with Crippen LogP contribution in [0, 0.1) is 28.6 Å². The summed E-state index contributed by atoms with van der Waals surface area (Å²) in [6.45, 7) is 9.37. The molecule has 0 N–H and O–H groups in total. The molecule has 4 aliphatic carbocycles. The zero-order valence-electron chi connectivity index (χ0n) is 19.5. The quantitative estimate of drug-likeness (QED) is 0.393. The van der Waals surface area contributed by atoms with E-state index in [0.29, 0.717) is 23.4 Å². The van der Waals surface area contributed by atoms with Gasteiger partial charge in [0.2, 0.25) is 0 Å². The fourth-order valence-electron chi connectivity index (χ4n) is 8.01. The van der Waals surface area contributed by atoms with Crippen molar-refractivity contribution in [2.45, 2.75) is 91.1 Å². The van der Waals surface area contributed by atoms with Gasteiger partial charge in [-0.25, -0.2) is 4.98 Å². The number of carbonyl (C=O) groups excluding carboxylic acids is 1. The third kappa shape index (κ3) is 3.46. The highest BCUT2D eigenvalue weighted by molar-refractivity contribution is 7.13. The average Bonchev–Trinajstić information content (AvgIpc) is 3.31. The highest BCUT2D eigenvalue weighted by Crippen LogP contribution is 2.68. The molecule has 0 spiro atoms. The average molecular weight is 444 g/mol. The standard InChI is InChI=1S/C26H37NO3S/c1-5-29-23-15-27-24(31-23)22-9-8-20-19-7-6-17-14-18(30-16(2)28)10-12-25(17,3)21(19)11-13-26(20,22)4/h6,15,18-22H,5,7-14H2,1-4H3/t18-,19-,20-,21-,22+,25-,26-/m0/s1. The highest BCUT2D eigenvalue weighted by atomic mass is 32.1. The van der Waals surface area contributed by atoms with Gasteiger partial charge in [0.15, 0.2) is 5.06 Å². The van der Waals surface area contributed by atoms with Crippen molar-refractivity contribution >= 4 is 17.3 Å². The van der Waals surface area contributed by atoms with Crippen molar-refractivity contribution in [2.24, 2.45) is 28.6 Å². The van der Waals surface area contributed by atoms with Crippen molar-refractivity contribution in [3.05, 3.63) is 22.9 Å². The van der Waals surface area contributed by atoms with Gasteiger partial charge >= 0.3 is 5.97 Å². The lowest BCUT2D eigenvalue weighted by molar-refractivity contribution is -0.148. The van der Waals surface area contributed by atoms with Gasteiger partial charge in [-0.1, -0.05) is 36.8 Å². The van der Waals surface area contributed by atoms with Gasteiger partial charge in [-0.3, -0.25) is 4.79 Å². The third-order valence-corrected chi connectivity index (χ3v) is 10.5. The first-order valence-electron chi connectivity index (χ1n) is 12.3. The Morgan fingerprint density at radius 2 is 2.03 bits per heavy atom. The van der Waals surface area contributed by atoms with Crippen LogP contribution in [-0.2, 0) is 9.53 Å². The fraction of sp³-hybridized carbons (Fsp3) is 0.769. The molecule has 3 fully saturated rings. The Morgan fingerprint density at radius 3 is 2.81 bits per heavy atom. The normalized spacial score (nSPS) is 41.5. The summed E-state index contributed by atoms with van der Waals surface area (Å²) >= 11 is 1.77. The second-order valence-corrected chi connectivity index (χ2v) is 11.9. The lowest BCUT2D eigenvalue weighted by atomic mass is 9.47. The molecule has 0 unspecified atom stereocenters. The molecule has 0 saturated heterocycles. The Morgan fingerprint density at radius 1 is 1.19 bits per heavy atom. The van der Waals surface area contributed by atoms with Crippen LogP contribution >= 0.6 is 11.3 Å². The number of thiazole rings is 1. The molecule has 0 aromatic carbocycles. The van der Waals surface area contributed by atoms with Crippen LogP contribution in [0.1, 0.15) is 90.0 Å². The Hall–Kier alpha value is -1.36. The van der Waals surface area contributed by atoms with Gasteiger partial charge in [0.05, 0.1) is 17.8 Å². The molecule has 4 aliphatic rings. The summed E-state index contributed by atoms with van der Waals surface area (Å²) in [5, 5.41) is 2.27. The van der Waals surface area contributed by atoms with E-state index in [1.165, 1.54) is 44.0 Å². The molecule has 3 saturated carbocycles. The van der Waals surface area contributed by atoms with Crippen molar-refractivity contribution in [3.8, 4) is 5.06 Å². The number of esters is 1. The van der Waals surface area contributed by atoms with Crippen LogP contribution in [0.4, 0.5) is 0 Å². The van der Waals surface area contributed by atoms with Gasteiger partial charge in [-0.15, -0.1) is 0 Å². The molecule has 1 aromatic heterocycles. The summed E-state index contributed by atoms with van der Waals surface area (Å²) in [5.74, 6) is 2.79. The van der Waals surface area contributed by atoms with Gasteiger partial charge in [0, 0.05) is 19.3 Å². The zero-order chi connectivity index (χ0) is 21.8. The van der Waals surface area contributed by atoms with E-state index in [2.05, 4.69) is 19.9 Å². The van der Waals surface area contributed by atoms with E-state index >= 15 is 0 Å². The summed E-state index contributed by atoms with van der Waals surface area (Å²) < 4.78 is 11.3. The molecule has 170 valence electrons. The van der Waals surface area contributed by atoms with Crippen molar-refractivity contribution in [1.82, 2.24) is 4.98 Å². The number of allylic oxidation sites excluding steroid dienone is 1. The molecule has 5 rings (SSSR count). The first-order valence-corrected chi connectivity index (χ1v) is 13.1. The second kappa shape index (κ2) is 7.90. The largest absolute Gasteiger partial charge is 0.483 e. The molecule has 1 aromatic rings. The maximum atomic E-state index is 11.5. The van der Waals surface area contributed by atoms with Gasteiger partial charge in [0.1, 0.15) is 6.10 Å². The number of fused-ring (bicyclic) bond motifs is 5. The van der Waals surface area contributed by atoms with E-state index in [4.69, 9.17) is 14.5 Å². The van der Waals surface area contributed by atoms with E-state index in [9.17, 15) is 4.79 Å². The first kappa shape index (κ1) is 21.5. The third-order valence-electron chi connectivity index (χ3n) is 9.48. The van der Waals surface area contributed by atoms with E-state index in [-0.39, 0.29) is 12.1 Å². The van der Waals surface area contributed by atoms with Crippen molar-refractivity contribution in [3.63, 3.8) is 0 Å². The van der Waals surface area contributed by atoms with E-state index in [0.717, 1.165) is 42.1 Å². The number of hydrogen-bond acceptors (Lipinski definition) is 5. The molecule has 31 heavy (non-hydrogen) atoms. The van der Waals surface area contributed by atoms with Gasteiger partial charge in [-0.05, 0) is 80.5 Å². The second-order valence-electron chi connectivity index (χ2n) is 10.9. The molecule has 0 aliphatic heterocycles. The van der Waals surface area contributed by atoms with Crippen molar-refractivity contribution < 1.29 is 14.3 Å². The summed E-state index contributed by atoms with van der Waals surface area (Å²) in [7, 11) is 0. The van der Waals surface area contributed by atoms with Gasteiger partial charge in [0.25, 0.3) is 0 Å². The van der Waals surface area contributed by atoms with Crippen LogP contribution < -0.4 is 4.74 Å². The van der Waals surface area contributed by atoms with Crippen molar-refractivity contribution in [1.29, 1.82) is 0 Å².